The van der Waals surface area contributed by atoms with Crippen LogP contribution in [0.3, 0.4) is 0 Å². The number of carbonyl (C=O) groups is 1. The first-order valence-corrected chi connectivity index (χ1v) is 13.8. The number of aryl methyl sites for hydroxylation is 1. The number of nitrogens with zero attached hydrogens (tertiary/aromatic N) is 1. The van der Waals surface area contributed by atoms with Gasteiger partial charge in [0, 0.05) is 16.8 Å². The Morgan fingerprint density at radius 1 is 1.12 bits per heavy atom. The number of halogens is 1. The van der Waals surface area contributed by atoms with Crippen molar-refractivity contribution in [3.63, 3.8) is 0 Å². The highest BCUT2D eigenvalue weighted by molar-refractivity contribution is 7.99. The number of aliphatic carboxylic acids is 1. The molecule has 1 saturated heterocycles. The summed E-state index contributed by atoms with van der Waals surface area (Å²) in [7, 11) is -3.88. The Bertz CT molecular complexity index is 1010. The molecule has 0 spiro atoms. The molecule has 1 heterocycles. The predicted molar refractivity (Wildman–Crippen MR) is 131 cm³/mol. The van der Waals surface area contributed by atoms with E-state index in [1.54, 1.807) is 48.2 Å². The molecule has 0 amide bonds. The van der Waals surface area contributed by atoms with E-state index in [4.69, 9.17) is 11.6 Å². The van der Waals surface area contributed by atoms with Crippen molar-refractivity contribution >= 4 is 39.4 Å². The lowest BCUT2D eigenvalue weighted by atomic mass is 9.90. The summed E-state index contributed by atoms with van der Waals surface area (Å²) < 4.78 is 28.6. The molecule has 1 N–H and O–H groups in total. The second-order valence-corrected chi connectivity index (χ2v) is 11.9. The van der Waals surface area contributed by atoms with Gasteiger partial charge in [-0.1, -0.05) is 61.2 Å². The number of carboxylic acids is 1. The monoisotopic (exact) mass is 495 g/mol. The van der Waals surface area contributed by atoms with Gasteiger partial charge in [0.25, 0.3) is 0 Å². The first-order valence-electron chi connectivity index (χ1n) is 10.9. The number of hydrogen-bond donors (Lipinski definition) is 1. The predicted octanol–water partition coefficient (Wildman–Crippen LogP) is 5.78. The van der Waals surface area contributed by atoms with Crippen LogP contribution in [-0.4, -0.2) is 41.3 Å². The molecule has 0 unspecified atom stereocenters. The summed E-state index contributed by atoms with van der Waals surface area (Å²) >= 11 is 7.72. The highest BCUT2D eigenvalue weighted by Crippen LogP contribution is 2.42. The van der Waals surface area contributed by atoms with Gasteiger partial charge in [0.15, 0.2) is 0 Å². The molecule has 2 aromatic rings. The van der Waals surface area contributed by atoms with E-state index in [9.17, 15) is 18.3 Å². The van der Waals surface area contributed by atoms with E-state index in [0.717, 1.165) is 36.1 Å². The molecule has 1 fully saturated rings. The van der Waals surface area contributed by atoms with Gasteiger partial charge in [-0.25, -0.2) is 8.42 Å². The van der Waals surface area contributed by atoms with Crippen LogP contribution in [0.2, 0.25) is 5.02 Å². The molecule has 5 nitrogen and oxygen atoms in total. The number of piperidine rings is 1. The topological polar surface area (TPSA) is 74.7 Å². The van der Waals surface area contributed by atoms with Crippen LogP contribution in [0.25, 0.3) is 0 Å². The zero-order valence-electron chi connectivity index (χ0n) is 18.4. The summed E-state index contributed by atoms with van der Waals surface area (Å²) in [6.07, 6.45) is 3.68. The van der Waals surface area contributed by atoms with E-state index in [1.165, 1.54) is 4.31 Å². The smallest absolute Gasteiger partial charge is 0.308 e. The fraction of sp³-hybridized carbons (Fsp3) is 0.458. The minimum Gasteiger partial charge on any atom is -0.481 e. The van der Waals surface area contributed by atoms with Crippen molar-refractivity contribution in [2.75, 3.05) is 12.3 Å². The summed E-state index contributed by atoms with van der Waals surface area (Å²) in [6.45, 7) is 3.98. The standard InChI is InChI=1S/C24H30ClNO4S2/c1-3-4-5-14-31-23-15-22(18-8-10-19(25)11-9-18)26(16-21(23)24(27)28)32(29,30)20-12-6-17(2)7-13-20/h6-13,21-23H,3-5,14-16H2,1-2H3,(H,27,28)/t21-,22+,23-/m1/s1. The Morgan fingerprint density at radius 3 is 2.38 bits per heavy atom. The van der Waals surface area contributed by atoms with Gasteiger partial charge >= 0.3 is 5.97 Å². The Labute approximate surface area is 200 Å². The van der Waals surface area contributed by atoms with E-state index in [1.807, 2.05) is 19.1 Å². The third kappa shape index (κ3) is 5.87. The van der Waals surface area contributed by atoms with Gasteiger partial charge in [-0.15, -0.1) is 0 Å². The number of unbranched alkanes of at least 4 members (excludes halogenated alkanes) is 2. The number of thioether (sulfide) groups is 1. The normalized spacial score (nSPS) is 22.0. The SMILES string of the molecule is CCCCCS[C@@H]1C[C@@H](c2ccc(Cl)cc2)N(S(=O)(=O)c2ccc(C)cc2)C[C@H]1C(=O)O. The molecule has 0 radical (unpaired) electrons. The zero-order chi connectivity index (χ0) is 23.3. The highest BCUT2D eigenvalue weighted by atomic mass is 35.5. The highest BCUT2D eigenvalue weighted by Gasteiger charge is 2.45. The van der Waals surface area contributed by atoms with E-state index in [2.05, 4.69) is 6.92 Å². The van der Waals surface area contributed by atoms with Crippen LogP contribution >= 0.6 is 23.4 Å². The van der Waals surface area contributed by atoms with Crippen LogP contribution in [0.1, 0.15) is 49.8 Å². The quantitative estimate of drug-likeness (QED) is 0.446. The third-order valence-electron chi connectivity index (χ3n) is 5.91. The van der Waals surface area contributed by atoms with Gasteiger partial charge in [-0.2, -0.15) is 16.1 Å². The molecule has 3 rings (SSSR count). The van der Waals surface area contributed by atoms with Gasteiger partial charge in [-0.05, 0) is 55.3 Å². The maximum absolute atomic E-state index is 13.6. The van der Waals surface area contributed by atoms with Gasteiger partial charge in [-0.3, -0.25) is 4.79 Å². The molecular weight excluding hydrogens is 466 g/mol. The van der Waals surface area contributed by atoms with Crippen LogP contribution in [-0.2, 0) is 14.8 Å². The molecule has 0 saturated carbocycles. The molecule has 0 aromatic heterocycles. The molecule has 0 aliphatic carbocycles. The minimum atomic E-state index is -3.88. The van der Waals surface area contributed by atoms with Gasteiger partial charge in [0.2, 0.25) is 10.0 Å². The fourth-order valence-corrected chi connectivity index (χ4v) is 7.25. The second kappa shape index (κ2) is 11.1. The Kier molecular flexibility index (Phi) is 8.67. The summed E-state index contributed by atoms with van der Waals surface area (Å²) in [6, 6.07) is 13.4. The van der Waals surface area contributed by atoms with E-state index < -0.39 is 28.0 Å². The number of sulfonamides is 1. The van der Waals surface area contributed by atoms with Crippen LogP contribution in [0.4, 0.5) is 0 Å². The molecule has 0 bridgehead atoms. The summed E-state index contributed by atoms with van der Waals surface area (Å²) in [5.74, 6) is -0.831. The molecule has 8 heteroatoms. The van der Waals surface area contributed by atoms with Crippen molar-refractivity contribution in [2.24, 2.45) is 5.92 Å². The summed E-state index contributed by atoms with van der Waals surface area (Å²) in [5, 5.41) is 10.4. The van der Waals surface area contributed by atoms with Crippen LogP contribution in [0.15, 0.2) is 53.4 Å². The largest absolute Gasteiger partial charge is 0.481 e. The summed E-state index contributed by atoms with van der Waals surface area (Å²) in [5.41, 5.74) is 1.79. The van der Waals surface area contributed by atoms with Crippen molar-refractivity contribution in [1.82, 2.24) is 4.31 Å². The second-order valence-electron chi connectivity index (χ2n) is 8.25. The Morgan fingerprint density at radius 2 is 1.78 bits per heavy atom. The van der Waals surface area contributed by atoms with E-state index >= 15 is 0 Å². The fourth-order valence-electron chi connectivity index (χ4n) is 4.05. The maximum atomic E-state index is 13.6. The maximum Gasteiger partial charge on any atom is 0.308 e. The van der Waals surface area contributed by atoms with E-state index in [-0.39, 0.29) is 16.7 Å². The van der Waals surface area contributed by atoms with Crippen LogP contribution in [0, 0.1) is 12.8 Å². The molecule has 1 aliphatic heterocycles. The van der Waals surface area contributed by atoms with E-state index in [0.29, 0.717) is 11.4 Å². The number of carboxylic acid groups (broad SMARTS) is 1. The molecule has 1 aliphatic rings. The van der Waals surface area contributed by atoms with Crippen molar-refractivity contribution in [1.29, 1.82) is 0 Å². The lowest BCUT2D eigenvalue weighted by Crippen LogP contribution is -2.49. The van der Waals surface area contributed by atoms with Crippen LogP contribution in [0.5, 0.6) is 0 Å². The number of benzene rings is 2. The third-order valence-corrected chi connectivity index (χ3v) is 9.52. The lowest BCUT2D eigenvalue weighted by Gasteiger charge is -2.41. The zero-order valence-corrected chi connectivity index (χ0v) is 20.8. The molecule has 3 atom stereocenters. The molecule has 2 aromatic carbocycles. The van der Waals surface area contributed by atoms with Gasteiger partial charge in [0.1, 0.15) is 0 Å². The van der Waals surface area contributed by atoms with Crippen molar-refractivity contribution < 1.29 is 18.3 Å². The first kappa shape index (κ1) is 25.1. The van der Waals surface area contributed by atoms with Crippen molar-refractivity contribution in [3.05, 3.63) is 64.7 Å². The first-order chi connectivity index (χ1) is 15.2. The summed E-state index contributed by atoms with van der Waals surface area (Å²) in [4.78, 5) is 12.3. The lowest BCUT2D eigenvalue weighted by molar-refractivity contribution is -0.143. The average molecular weight is 496 g/mol. The van der Waals surface area contributed by atoms with Crippen LogP contribution < -0.4 is 0 Å². The Balaban J connectivity index is 1.98. The average Bonchev–Trinajstić information content (AvgIpc) is 2.77. The van der Waals surface area contributed by atoms with Crippen molar-refractivity contribution in [3.8, 4) is 0 Å². The molecule has 174 valence electrons. The molecular formula is C24H30ClNO4S2. The molecule has 32 heavy (non-hydrogen) atoms. The number of hydrogen-bond acceptors (Lipinski definition) is 4. The van der Waals surface area contributed by atoms with Gasteiger partial charge < -0.3 is 5.11 Å². The van der Waals surface area contributed by atoms with Gasteiger partial charge in [0.05, 0.1) is 16.9 Å². The van der Waals surface area contributed by atoms with Crippen molar-refractivity contribution in [2.45, 2.75) is 55.7 Å². The Hall–Kier alpha value is -1.54. The minimum absolute atomic E-state index is 0.0513. The number of rotatable bonds is 9.